The minimum atomic E-state index is -4.36. The van der Waals surface area contributed by atoms with Crippen LogP contribution < -0.4 is 10.1 Å². The number of aromatic nitrogens is 3. The van der Waals surface area contributed by atoms with E-state index in [0.717, 1.165) is 34.7 Å². The Bertz CT molecular complexity index is 1510. The lowest BCUT2D eigenvalue weighted by Crippen LogP contribution is -2.14. The maximum Gasteiger partial charge on any atom is 0.416 e. The molecule has 0 bridgehead atoms. The van der Waals surface area contributed by atoms with E-state index in [1.807, 2.05) is 6.92 Å². The van der Waals surface area contributed by atoms with E-state index in [-0.39, 0.29) is 17.0 Å². The Morgan fingerprint density at radius 1 is 1.13 bits per heavy atom. The summed E-state index contributed by atoms with van der Waals surface area (Å²) in [5.74, 6) is 0.173. The molecule has 0 fully saturated rings. The number of benzene rings is 1. The number of methoxy groups -OCH3 is 1. The second kappa shape index (κ2) is 10.3. The normalized spacial score (nSPS) is 15.2. The average molecular weight is 559 g/mol. The van der Waals surface area contributed by atoms with Gasteiger partial charge in [-0.3, -0.25) is 15.1 Å². The molecule has 0 spiro atoms. The number of aryl methyl sites for hydroxylation is 2. The van der Waals surface area contributed by atoms with Crippen molar-refractivity contribution >= 4 is 34.0 Å². The maximum atomic E-state index is 13.3. The number of nitrogens with zero attached hydrogens (tertiary/aromatic N) is 3. The molecule has 0 radical (unpaired) electrons. The highest BCUT2D eigenvalue weighted by Crippen LogP contribution is 2.39. The predicted octanol–water partition coefficient (Wildman–Crippen LogP) is 7.11. The van der Waals surface area contributed by atoms with Crippen molar-refractivity contribution in [2.45, 2.75) is 38.3 Å². The fourth-order valence-corrected chi connectivity index (χ4v) is 5.82. The molecule has 1 atom stereocenters. The monoisotopic (exact) mass is 558 g/mol. The lowest BCUT2D eigenvalue weighted by Gasteiger charge is -2.21. The molecule has 0 aliphatic heterocycles. The molecule has 1 N–H and O–H groups in total. The van der Waals surface area contributed by atoms with Crippen molar-refractivity contribution in [3.05, 3.63) is 86.9 Å². The van der Waals surface area contributed by atoms with E-state index in [4.69, 9.17) is 16.3 Å². The predicted molar refractivity (Wildman–Crippen MR) is 140 cm³/mol. The highest BCUT2D eigenvalue weighted by Gasteiger charge is 2.31. The van der Waals surface area contributed by atoms with Crippen LogP contribution in [-0.2, 0) is 19.0 Å². The van der Waals surface area contributed by atoms with Gasteiger partial charge >= 0.3 is 6.18 Å². The van der Waals surface area contributed by atoms with Crippen LogP contribution in [0.25, 0.3) is 11.1 Å². The highest BCUT2D eigenvalue weighted by atomic mass is 35.5. The van der Waals surface area contributed by atoms with Crippen molar-refractivity contribution in [3.8, 4) is 16.9 Å². The number of thiazole rings is 1. The van der Waals surface area contributed by atoms with Crippen LogP contribution in [-0.4, -0.2) is 28.0 Å². The minimum Gasteiger partial charge on any atom is -0.494 e. The molecule has 3 aromatic heterocycles. The lowest BCUT2D eigenvalue weighted by atomic mass is 9.85. The number of amides is 1. The minimum absolute atomic E-state index is 0.0885. The molecule has 0 saturated heterocycles. The van der Waals surface area contributed by atoms with Crippen LogP contribution >= 0.6 is 22.9 Å². The van der Waals surface area contributed by atoms with Crippen molar-refractivity contribution in [1.29, 1.82) is 0 Å². The second-order valence-electron chi connectivity index (χ2n) is 8.98. The Balaban J connectivity index is 1.37. The Hall–Kier alpha value is -3.50. The van der Waals surface area contributed by atoms with Gasteiger partial charge in [0, 0.05) is 27.9 Å². The molecule has 0 saturated carbocycles. The number of carbonyl (C=O) groups is 1. The Labute approximate surface area is 225 Å². The Morgan fingerprint density at radius 2 is 1.89 bits per heavy atom. The summed E-state index contributed by atoms with van der Waals surface area (Å²) >= 11 is 7.51. The first-order valence-corrected chi connectivity index (χ1v) is 13.0. The SMILES string of the molecule is COc1cnc(Cl)cc1-c1cc(C)ncc1C(=O)Nc1nc2c(s1)CC(c1ccc(C(F)(F)F)cc1)CC2. The van der Waals surface area contributed by atoms with Crippen LogP contribution in [0.4, 0.5) is 18.3 Å². The summed E-state index contributed by atoms with van der Waals surface area (Å²) in [5, 5.41) is 3.61. The largest absolute Gasteiger partial charge is 0.494 e. The van der Waals surface area contributed by atoms with Crippen LogP contribution in [0.3, 0.4) is 0 Å². The summed E-state index contributed by atoms with van der Waals surface area (Å²) in [5.41, 5.74) is 3.36. The van der Waals surface area contributed by atoms with Crippen LogP contribution in [0.1, 0.15) is 50.1 Å². The van der Waals surface area contributed by atoms with Gasteiger partial charge in [-0.05, 0) is 61.9 Å². The number of carbonyl (C=O) groups excluding carboxylic acids is 1. The number of anilines is 1. The van der Waals surface area contributed by atoms with Crippen molar-refractivity contribution in [1.82, 2.24) is 15.0 Å². The third kappa shape index (κ3) is 5.37. The van der Waals surface area contributed by atoms with Gasteiger partial charge in [-0.2, -0.15) is 13.2 Å². The molecule has 196 valence electrons. The van der Waals surface area contributed by atoms with Gasteiger partial charge in [0.2, 0.25) is 0 Å². The van der Waals surface area contributed by atoms with Gasteiger partial charge in [-0.15, -0.1) is 11.3 Å². The molecule has 1 aliphatic carbocycles. The summed E-state index contributed by atoms with van der Waals surface area (Å²) in [6.45, 7) is 1.82. The number of ether oxygens (including phenoxy) is 1. The van der Waals surface area contributed by atoms with E-state index in [2.05, 4.69) is 20.3 Å². The molecule has 38 heavy (non-hydrogen) atoms. The summed E-state index contributed by atoms with van der Waals surface area (Å²) in [6, 6.07) is 8.77. The van der Waals surface area contributed by atoms with Gasteiger partial charge in [0.1, 0.15) is 10.9 Å². The van der Waals surface area contributed by atoms with Crippen molar-refractivity contribution < 1.29 is 22.7 Å². The van der Waals surface area contributed by atoms with Crippen molar-refractivity contribution in [3.63, 3.8) is 0 Å². The summed E-state index contributed by atoms with van der Waals surface area (Å²) in [7, 11) is 1.51. The van der Waals surface area contributed by atoms with Crippen LogP contribution in [0.5, 0.6) is 5.75 Å². The first kappa shape index (κ1) is 26.1. The number of pyridine rings is 2. The summed E-state index contributed by atoms with van der Waals surface area (Å²) in [4.78, 5) is 27.3. The standard InChI is InChI=1S/C27H22ClF3N4O2S/c1-14-9-18(19-11-24(28)33-13-22(19)37-2)20(12-32-14)25(36)35-26-34-21-8-5-16(10-23(21)38-26)15-3-6-17(7-4-15)27(29,30)31/h3-4,6-7,9,11-13,16H,5,8,10H2,1-2H3,(H,34,35,36). The topological polar surface area (TPSA) is 77.0 Å². The number of nitrogens with one attached hydrogen (secondary N) is 1. The number of rotatable bonds is 5. The number of hydrogen-bond acceptors (Lipinski definition) is 6. The number of hydrogen-bond donors (Lipinski definition) is 1. The second-order valence-corrected chi connectivity index (χ2v) is 10.5. The molecular formula is C27H22ClF3N4O2S. The molecule has 1 unspecified atom stereocenters. The van der Waals surface area contributed by atoms with Crippen molar-refractivity contribution in [2.75, 3.05) is 12.4 Å². The zero-order valence-corrected chi connectivity index (χ0v) is 22.0. The maximum absolute atomic E-state index is 13.3. The summed E-state index contributed by atoms with van der Waals surface area (Å²) in [6.07, 6.45) is 0.740. The number of fused-ring (bicyclic) bond motifs is 1. The van der Waals surface area contributed by atoms with Gasteiger partial charge in [0.25, 0.3) is 5.91 Å². The van der Waals surface area contributed by atoms with E-state index in [9.17, 15) is 18.0 Å². The Kier molecular flexibility index (Phi) is 7.11. The number of alkyl halides is 3. The Morgan fingerprint density at radius 3 is 2.61 bits per heavy atom. The molecule has 4 aromatic rings. The van der Waals surface area contributed by atoms with Gasteiger partial charge in [-0.25, -0.2) is 9.97 Å². The van der Waals surface area contributed by atoms with E-state index in [1.165, 1.54) is 30.8 Å². The smallest absolute Gasteiger partial charge is 0.416 e. The van der Waals surface area contributed by atoms with Crippen molar-refractivity contribution in [2.24, 2.45) is 0 Å². The molecule has 3 heterocycles. The average Bonchev–Trinajstić information content (AvgIpc) is 3.29. The fraction of sp³-hybridized carbons (Fsp3) is 0.259. The molecule has 1 amide bonds. The fourth-order valence-electron chi connectivity index (χ4n) is 4.58. The molecular weight excluding hydrogens is 537 g/mol. The zero-order chi connectivity index (χ0) is 27.0. The van der Waals surface area contributed by atoms with Gasteiger partial charge in [0.05, 0.1) is 30.1 Å². The highest BCUT2D eigenvalue weighted by molar-refractivity contribution is 7.15. The van der Waals surface area contributed by atoms with Crippen LogP contribution in [0.2, 0.25) is 5.15 Å². The lowest BCUT2D eigenvalue weighted by molar-refractivity contribution is -0.137. The first-order valence-electron chi connectivity index (χ1n) is 11.8. The van der Waals surface area contributed by atoms with E-state index >= 15 is 0 Å². The molecule has 6 nitrogen and oxygen atoms in total. The molecule has 1 aliphatic rings. The molecule has 11 heteroatoms. The third-order valence-electron chi connectivity index (χ3n) is 6.50. The quantitative estimate of drug-likeness (QED) is 0.264. The van der Waals surface area contributed by atoms with E-state index in [0.29, 0.717) is 46.1 Å². The number of halogens is 4. The van der Waals surface area contributed by atoms with Gasteiger partial charge in [-0.1, -0.05) is 23.7 Å². The first-order chi connectivity index (χ1) is 18.1. The van der Waals surface area contributed by atoms with Crippen LogP contribution in [0.15, 0.2) is 48.8 Å². The molecule has 5 rings (SSSR count). The van der Waals surface area contributed by atoms with E-state index in [1.54, 1.807) is 24.3 Å². The van der Waals surface area contributed by atoms with Crippen LogP contribution in [0, 0.1) is 6.92 Å². The van der Waals surface area contributed by atoms with Gasteiger partial charge in [0.15, 0.2) is 5.13 Å². The van der Waals surface area contributed by atoms with E-state index < -0.39 is 11.7 Å². The van der Waals surface area contributed by atoms with Gasteiger partial charge < -0.3 is 4.74 Å². The zero-order valence-electron chi connectivity index (χ0n) is 20.4. The molecule has 1 aromatic carbocycles. The summed E-state index contributed by atoms with van der Waals surface area (Å²) < 4.78 is 44.2. The third-order valence-corrected chi connectivity index (χ3v) is 7.74.